The molecule has 6 heteroatoms. The first-order valence-electron chi connectivity index (χ1n) is 6.33. The summed E-state index contributed by atoms with van der Waals surface area (Å²) in [5.74, 6) is -2.11. The Balaban J connectivity index is 2.41. The van der Waals surface area contributed by atoms with Crippen LogP contribution in [0.15, 0.2) is 30.3 Å². The minimum absolute atomic E-state index is 0.00173. The zero-order chi connectivity index (χ0) is 15.0. The number of benzene rings is 1. The second-order valence-electron chi connectivity index (χ2n) is 4.45. The van der Waals surface area contributed by atoms with Gasteiger partial charge < -0.3 is 16.2 Å². The van der Waals surface area contributed by atoms with Crippen LogP contribution < -0.4 is 11.1 Å². The Morgan fingerprint density at radius 2 is 1.80 bits per heavy atom. The van der Waals surface area contributed by atoms with Crippen LogP contribution in [0.4, 0.5) is 0 Å². The monoisotopic (exact) mass is 278 g/mol. The number of primary amides is 1. The number of carbonyl (C=O) groups is 3. The molecule has 0 aliphatic heterocycles. The highest BCUT2D eigenvalue weighted by molar-refractivity contribution is 5.84. The number of carboxylic acid groups (broad SMARTS) is 1. The third-order valence-electron chi connectivity index (χ3n) is 2.80. The van der Waals surface area contributed by atoms with Crippen molar-refractivity contribution in [2.24, 2.45) is 5.73 Å². The van der Waals surface area contributed by atoms with Crippen LogP contribution in [0.1, 0.15) is 24.8 Å². The van der Waals surface area contributed by atoms with Gasteiger partial charge in [0, 0.05) is 12.8 Å². The third-order valence-corrected chi connectivity index (χ3v) is 2.80. The SMILES string of the molecule is NC(=O)CC[C@H](NC(=O)CCc1ccccc1)C(=O)O. The maximum absolute atomic E-state index is 11.7. The molecule has 0 heterocycles. The molecule has 4 N–H and O–H groups in total. The average molecular weight is 278 g/mol. The van der Waals surface area contributed by atoms with Crippen molar-refractivity contribution >= 4 is 17.8 Å². The van der Waals surface area contributed by atoms with E-state index in [0.29, 0.717) is 6.42 Å². The number of carbonyl (C=O) groups excluding carboxylic acids is 2. The lowest BCUT2D eigenvalue weighted by molar-refractivity contribution is -0.142. The fourth-order valence-corrected chi connectivity index (χ4v) is 1.71. The van der Waals surface area contributed by atoms with Crippen LogP contribution in [0.25, 0.3) is 0 Å². The standard InChI is InChI=1S/C14H18N2O4/c15-12(17)8-7-11(14(19)20)16-13(18)9-6-10-4-2-1-3-5-10/h1-5,11H,6-9H2,(H2,15,17)(H,16,18)(H,19,20)/t11-/m0/s1. The summed E-state index contributed by atoms with van der Waals surface area (Å²) in [6.07, 6.45) is 0.664. The smallest absolute Gasteiger partial charge is 0.326 e. The molecule has 1 rings (SSSR count). The van der Waals surface area contributed by atoms with E-state index >= 15 is 0 Å². The lowest BCUT2D eigenvalue weighted by Crippen LogP contribution is -2.41. The molecule has 108 valence electrons. The number of carboxylic acids is 1. The van der Waals surface area contributed by atoms with Crippen LogP contribution in [0.3, 0.4) is 0 Å². The van der Waals surface area contributed by atoms with Gasteiger partial charge in [0.15, 0.2) is 0 Å². The molecule has 20 heavy (non-hydrogen) atoms. The molecule has 0 aromatic heterocycles. The highest BCUT2D eigenvalue weighted by Gasteiger charge is 2.20. The van der Waals surface area contributed by atoms with Gasteiger partial charge in [-0.2, -0.15) is 0 Å². The highest BCUT2D eigenvalue weighted by Crippen LogP contribution is 2.03. The largest absolute Gasteiger partial charge is 0.480 e. The lowest BCUT2D eigenvalue weighted by Gasteiger charge is -2.13. The summed E-state index contributed by atoms with van der Waals surface area (Å²) in [6.45, 7) is 0. The quantitative estimate of drug-likeness (QED) is 0.641. The highest BCUT2D eigenvalue weighted by atomic mass is 16.4. The molecule has 0 aliphatic rings. The molecule has 1 aromatic carbocycles. The Labute approximate surface area is 117 Å². The Kier molecular flexibility index (Phi) is 6.22. The summed E-state index contributed by atoms with van der Waals surface area (Å²) >= 11 is 0. The van der Waals surface area contributed by atoms with E-state index < -0.39 is 17.9 Å². The van der Waals surface area contributed by atoms with E-state index in [2.05, 4.69) is 5.32 Å². The first-order valence-corrected chi connectivity index (χ1v) is 6.33. The van der Waals surface area contributed by atoms with Crippen molar-refractivity contribution in [1.82, 2.24) is 5.32 Å². The second kappa shape index (κ2) is 7.93. The maximum atomic E-state index is 11.7. The number of nitrogens with two attached hydrogens (primary N) is 1. The van der Waals surface area contributed by atoms with Crippen LogP contribution in [0.2, 0.25) is 0 Å². The van der Waals surface area contributed by atoms with Gasteiger partial charge in [0.1, 0.15) is 6.04 Å². The molecule has 1 atom stereocenters. The molecule has 0 saturated heterocycles. The van der Waals surface area contributed by atoms with E-state index in [4.69, 9.17) is 10.8 Å². The van der Waals surface area contributed by atoms with Gasteiger partial charge in [-0.15, -0.1) is 0 Å². The van der Waals surface area contributed by atoms with E-state index in [1.165, 1.54) is 0 Å². The van der Waals surface area contributed by atoms with Crippen LogP contribution >= 0.6 is 0 Å². The normalized spacial score (nSPS) is 11.6. The predicted molar refractivity (Wildman–Crippen MR) is 72.8 cm³/mol. The Morgan fingerprint density at radius 3 is 2.35 bits per heavy atom. The maximum Gasteiger partial charge on any atom is 0.326 e. The fourth-order valence-electron chi connectivity index (χ4n) is 1.71. The molecule has 0 saturated carbocycles. The zero-order valence-electron chi connectivity index (χ0n) is 11.0. The number of aliphatic carboxylic acids is 1. The van der Waals surface area contributed by atoms with Gasteiger partial charge in [0.25, 0.3) is 0 Å². The van der Waals surface area contributed by atoms with Crippen molar-refractivity contribution in [3.63, 3.8) is 0 Å². The fraction of sp³-hybridized carbons (Fsp3) is 0.357. The van der Waals surface area contributed by atoms with Gasteiger partial charge in [-0.3, -0.25) is 9.59 Å². The van der Waals surface area contributed by atoms with Crippen LogP contribution in [0, 0.1) is 0 Å². The minimum atomic E-state index is -1.17. The molecule has 0 unspecified atom stereocenters. The minimum Gasteiger partial charge on any atom is -0.480 e. The van der Waals surface area contributed by atoms with Gasteiger partial charge in [-0.25, -0.2) is 4.79 Å². The first kappa shape index (κ1) is 15.7. The van der Waals surface area contributed by atoms with E-state index in [9.17, 15) is 14.4 Å². The average Bonchev–Trinajstić information content (AvgIpc) is 2.41. The second-order valence-corrected chi connectivity index (χ2v) is 4.45. The van der Waals surface area contributed by atoms with Crippen molar-refractivity contribution in [2.45, 2.75) is 31.7 Å². The summed E-state index contributed by atoms with van der Waals surface area (Å²) in [5.41, 5.74) is 5.97. The van der Waals surface area contributed by atoms with Gasteiger partial charge in [-0.1, -0.05) is 30.3 Å². The summed E-state index contributed by atoms with van der Waals surface area (Å²) in [7, 11) is 0. The molecule has 0 fully saturated rings. The van der Waals surface area contributed by atoms with Crippen molar-refractivity contribution in [3.8, 4) is 0 Å². The van der Waals surface area contributed by atoms with Crippen molar-refractivity contribution in [1.29, 1.82) is 0 Å². The molecule has 1 aromatic rings. The number of hydrogen-bond acceptors (Lipinski definition) is 3. The van der Waals surface area contributed by atoms with E-state index in [-0.39, 0.29) is 25.2 Å². The summed E-state index contributed by atoms with van der Waals surface area (Å²) in [4.78, 5) is 33.3. The lowest BCUT2D eigenvalue weighted by atomic mass is 10.1. The Hall–Kier alpha value is -2.37. The number of nitrogens with one attached hydrogen (secondary N) is 1. The van der Waals surface area contributed by atoms with Gasteiger partial charge >= 0.3 is 5.97 Å². The molecule has 0 aliphatic carbocycles. The zero-order valence-corrected chi connectivity index (χ0v) is 11.0. The molecule has 0 radical (unpaired) electrons. The van der Waals surface area contributed by atoms with E-state index in [1.54, 1.807) is 0 Å². The predicted octanol–water partition coefficient (Wildman–Crippen LogP) is 0.454. The van der Waals surface area contributed by atoms with Crippen molar-refractivity contribution in [3.05, 3.63) is 35.9 Å². The molecule has 2 amide bonds. The number of aryl methyl sites for hydroxylation is 1. The topological polar surface area (TPSA) is 109 Å². The Bertz CT molecular complexity index is 473. The summed E-state index contributed by atoms with van der Waals surface area (Å²) in [6, 6.07) is 8.35. The van der Waals surface area contributed by atoms with Crippen LogP contribution in [0.5, 0.6) is 0 Å². The summed E-state index contributed by atoms with van der Waals surface area (Å²) in [5, 5.41) is 11.3. The molecular formula is C14H18N2O4. The first-order chi connectivity index (χ1) is 9.49. The summed E-state index contributed by atoms with van der Waals surface area (Å²) < 4.78 is 0. The van der Waals surface area contributed by atoms with Gasteiger partial charge in [-0.05, 0) is 18.4 Å². The van der Waals surface area contributed by atoms with Crippen molar-refractivity contribution < 1.29 is 19.5 Å². The number of hydrogen-bond donors (Lipinski definition) is 3. The van der Waals surface area contributed by atoms with Gasteiger partial charge in [0.05, 0.1) is 0 Å². The Morgan fingerprint density at radius 1 is 1.15 bits per heavy atom. The molecule has 6 nitrogen and oxygen atoms in total. The number of amides is 2. The van der Waals surface area contributed by atoms with Crippen LogP contribution in [-0.4, -0.2) is 28.9 Å². The van der Waals surface area contributed by atoms with Crippen molar-refractivity contribution in [2.75, 3.05) is 0 Å². The van der Waals surface area contributed by atoms with E-state index in [1.807, 2.05) is 30.3 Å². The molecule has 0 bridgehead atoms. The van der Waals surface area contributed by atoms with E-state index in [0.717, 1.165) is 5.56 Å². The number of rotatable bonds is 8. The molecular weight excluding hydrogens is 260 g/mol. The molecule has 0 spiro atoms. The van der Waals surface area contributed by atoms with Gasteiger partial charge in [0.2, 0.25) is 11.8 Å². The third kappa shape index (κ3) is 5.99. The van der Waals surface area contributed by atoms with Crippen LogP contribution in [-0.2, 0) is 20.8 Å².